The van der Waals surface area contributed by atoms with Crippen LogP contribution >= 0.6 is 35.6 Å². The van der Waals surface area contributed by atoms with Crippen LogP contribution in [-0.2, 0) is 6.54 Å². The number of oxazole rings is 1. The number of benzene rings is 1. The average Bonchev–Trinajstić information content (AvgIpc) is 2.85. The number of hydrogen-bond acceptors (Lipinski definition) is 4. The zero-order valence-corrected chi connectivity index (χ0v) is 17.0. The Balaban J connectivity index is 0.00000288. The second-order valence-electron chi connectivity index (χ2n) is 4.91. The van der Waals surface area contributed by atoms with Crippen molar-refractivity contribution in [2.45, 2.75) is 20.4 Å². The smallest absolute Gasteiger partial charge is 0.214 e. The van der Waals surface area contributed by atoms with Gasteiger partial charge >= 0.3 is 0 Å². The molecule has 0 bridgehead atoms. The third kappa shape index (κ3) is 6.56. The molecule has 0 amide bonds. The minimum atomic E-state index is 0. The lowest BCUT2D eigenvalue weighted by Gasteiger charge is -2.11. The zero-order valence-electron chi connectivity index (χ0n) is 13.9. The van der Waals surface area contributed by atoms with Crippen LogP contribution in [0.5, 0.6) is 5.75 Å². The molecule has 24 heavy (non-hydrogen) atoms. The summed E-state index contributed by atoms with van der Waals surface area (Å²) in [5, 5.41) is 6.95. The van der Waals surface area contributed by atoms with Gasteiger partial charge in [0, 0.05) is 12.1 Å². The van der Waals surface area contributed by atoms with Crippen molar-refractivity contribution in [1.29, 1.82) is 0 Å². The molecule has 0 unspecified atom stereocenters. The number of nitrogens with zero attached hydrogens (tertiary/aromatic N) is 2. The maximum atomic E-state index is 5.90. The molecule has 0 aliphatic carbocycles. The first-order valence-electron chi connectivity index (χ1n) is 7.34. The molecular formula is C16H22ClIN4O2. The molecule has 0 atom stereocenters. The van der Waals surface area contributed by atoms with E-state index in [9.17, 15) is 0 Å². The van der Waals surface area contributed by atoms with Crippen molar-refractivity contribution in [3.8, 4) is 5.75 Å². The van der Waals surface area contributed by atoms with Crippen LogP contribution in [-0.4, -0.2) is 31.1 Å². The number of aliphatic imine (C=N–C) groups is 1. The van der Waals surface area contributed by atoms with Gasteiger partial charge in [-0.3, -0.25) is 4.99 Å². The Morgan fingerprint density at radius 2 is 2.12 bits per heavy atom. The van der Waals surface area contributed by atoms with Gasteiger partial charge in [-0.2, -0.15) is 0 Å². The van der Waals surface area contributed by atoms with Gasteiger partial charge in [0.15, 0.2) is 5.96 Å². The number of aryl methyl sites for hydroxylation is 2. The molecule has 132 valence electrons. The molecule has 2 aromatic rings. The van der Waals surface area contributed by atoms with Crippen molar-refractivity contribution in [2.75, 3.05) is 20.2 Å². The SMILES string of the molecule is CN=C(NCCOc1cccc(Cl)c1)NCc1nc(C)c(C)o1.I. The first-order chi connectivity index (χ1) is 11.1. The van der Waals surface area contributed by atoms with Crippen molar-refractivity contribution >= 4 is 41.5 Å². The third-order valence-corrected chi connectivity index (χ3v) is 3.40. The van der Waals surface area contributed by atoms with Crippen LogP contribution < -0.4 is 15.4 Å². The third-order valence-electron chi connectivity index (χ3n) is 3.16. The van der Waals surface area contributed by atoms with Crippen LogP contribution in [0.15, 0.2) is 33.7 Å². The van der Waals surface area contributed by atoms with Crippen molar-refractivity contribution < 1.29 is 9.15 Å². The number of halogens is 2. The Hall–Kier alpha value is -1.48. The maximum absolute atomic E-state index is 5.90. The Bertz CT molecular complexity index is 656. The molecule has 0 saturated heterocycles. The van der Waals surface area contributed by atoms with E-state index in [-0.39, 0.29) is 24.0 Å². The fourth-order valence-corrected chi connectivity index (χ4v) is 2.07. The normalized spacial score (nSPS) is 10.9. The van der Waals surface area contributed by atoms with Crippen molar-refractivity contribution in [3.05, 3.63) is 46.6 Å². The highest BCUT2D eigenvalue weighted by molar-refractivity contribution is 14.0. The van der Waals surface area contributed by atoms with Gasteiger partial charge in [0.05, 0.1) is 18.8 Å². The average molecular weight is 465 g/mol. The van der Waals surface area contributed by atoms with Gasteiger partial charge in [-0.1, -0.05) is 17.7 Å². The molecule has 2 rings (SSSR count). The van der Waals surface area contributed by atoms with E-state index in [4.69, 9.17) is 20.8 Å². The van der Waals surface area contributed by atoms with Crippen LogP contribution in [0.4, 0.5) is 0 Å². The lowest BCUT2D eigenvalue weighted by atomic mass is 10.3. The van der Waals surface area contributed by atoms with E-state index in [1.54, 1.807) is 13.1 Å². The Kier molecular flexibility index (Phi) is 8.91. The van der Waals surface area contributed by atoms with Gasteiger partial charge in [0.25, 0.3) is 0 Å². The molecule has 0 saturated carbocycles. The summed E-state index contributed by atoms with van der Waals surface area (Å²) < 4.78 is 11.1. The Labute approximate surface area is 164 Å². The van der Waals surface area contributed by atoms with Crippen LogP contribution in [0.1, 0.15) is 17.3 Å². The number of nitrogens with one attached hydrogen (secondary N) is 2. The van der Waals surface area contributed by atoms with Gasteiger partial charge in [0.2, 0.25) is 5.89 Å². The highest BCUT2D eigenvalue weighted by Gasteiger charge is 2.06. The minimum absolute atomic E-state index is 0. The molecule has 8 heteroatoms. The summed E-state index contributed by atoms with van der Waals surface area (Å²) in [7, 11) is 1.71. The molecule has 0 radical (unpaired) electrons. The highest BCUT2D eigenvalue weighted by Crippen LogP contribution is 2.16. The second-order valence-corrected chi connectivity index (χ2v) is 5.34. The first kappa shape index (κ1) is 20.6. The van der Waals surface area contributed by atoms with Crippen molar-refractivity contribution in [2.24, 2.45) is 4.99 Å². The predicted octanol–water partition coefficient (Wildman–Crippen LogP) is 3.31. The fourth-order valence-electron chi connectivity index (χ4n) is 1.89. The standard InChI is InChI=1S/C16H21ClN4O2.HI/c1-11-12(2)23-15(21-11)10-20-16(18-3)19-7-8-22-14-6-4-5-13(17)9-14;/h4-6,9H,7-8,10H2,1-3H3,(H2,18,19,20);1H. The van der Waals surface area contributed by atoms with E-state index in [0.717, 1.165) is 17.2 Å². The topological polar surface area (TPSA) is 71.7 Å². The molecule has 2 N–H and O–H groups in total. The maximum Gasteiger partial charge on any atom is 0.214 e. The second kappa shape index (κ2) is 10.4. The summed E-state index contributed by atoms with van der Waals surface area (Å²) >= 11 is 5.90. The van der Waals surface area contributed by atoms with Gasteiger partial charge in [-0.25, -0.2) is 4.98 Å². The molecule has 1 aromatic heterocycles. The van der Waals surface area contributed by atoms with Gasteiger partial charge < -0.3 is 19.8 Å². The Morgan fingerprint density at radius 3 is 2.75 bits per heavy atom. The molecular weight excluding hydrogens is 443 g/mol. The lowest BCUT2D eigenvalue weighted by molar-refractivity contribution is 0.322. The van der Waals surface area contributed by atoms with Crippen LogP contribution in [0.3, 0.4) is 0 Å². The molecule has 0 aliphatic rings. The summed E-state index contributed by atoms with van der Waals surface area (Å²) in [4.78, 5) is 8.45. The summed E-state index contributed by atoms with van der Waals surface area (Å²) in [6, 6.07) is 7.31. The van der Waals surface area contributed by atoms with E-state index in [2.05, 4.69) is 20.6 Å². The van der Waals surface area contributed by atoms with Gasteiger partial charge in [-0.05, 0) is 32.0 Å². The van der Waals surface area contributed by atoms with Gasteiger partial charge in [-0.15, -0.1) is 24.0 Å². The largest absolute Gasteiger partial charge is 0.492 e. The monoisotopic (exact) mass is 464 g/mol. The number of ether oxygens (including phenoxy) is 1. The van der Waals surface area contributed by atoms with Crippen LogP contribution in [0, 0.1) is 13.8 Å². The predicted molar refractivity (Wildman–Crippen MR) is 107 cm³/mol. The van der Waals surface area contributed by atoms with Crippen LogP contribution in [0.2, 0.25) is 5.02 Å². The van der Waals surface area contributed by atoms with E-state index < -0.39 is 0 Å². The molecule has 1 aromatic carbocycles. The lowest BCUT2D eigenvalue weighted by Crippen LogP contribution is -2.38. The summed E-state index contributed by atoms with van der Waals surface area (Å²) in [6.45, 7) is 5.40. The quantitative estimate of drug-likeness (QED) is 0.297. The molecule has 6 nitrogen and oxygen atoms in total. The molecule has 0 spiro atoms. The highest BCUT2D eigenvalue weighted by atomic mass is 127. The molecule has 1 heterocycles. The Morgan fingerprint density at radius 1 is 1.33 bits per heavy atom. The van der Waals surface area contributed by atoms with Gasteiger partial charge in [0.1, 0.15) is 18.1 Å². The van der Waals surface area contributed by atoms with E-state index in [1.165, 1.54) is 0 Å². The summed E-state index contributed by atoms with van der Waals surface area (Å²) in [6.07, 6.45) is 0. The van der Waals surface area contributed by atoms with Crippen molar-refractivity contribution in [1.82, 2.24) is 15.6 Å². The van der Waals surface area contributed by atoms with E-state index in [1.807, 2.05) is 32.0 Å². The van der Waals surface area contributed by atoms with E-state index in [0.29, 0.717) is 36.6 Å². The molecule has 0 fully saturated rings. The molecule has 0 aliphatic heterocycles. The minimum Gasteiger partial charge on any atom is -0.492 e. The van der Waals surface area contributed by atoms with E-state index >= 15 is 0 Å². The fraction of sp³-hybridized carbons (Fsp3) is 0.375. The number of aromatic nitrogens is 1. The number of rotatable bonds is 6. The first-order valence-corrected chi connectivity index (χ1v) is 7.72. The zero-order chi connectivity index (χ0) is 16.7. The number of guanidine groups is 1. The number of hydrogen-bond donors (Lipinski definition) is 2. The summed E-state index contributed by atoms with van der Waals surface area (Å²) in [5.74, 6) is 2.87. The van der Waals surface area contributed by atoms with Crippen molar-refractivity contribution in [3.63, 3.8) is 0 Å². The van der Waals surface area contributed by atoms with Crippen LogP contribution in [0.25, 0.3) is 0 Å². The summed E-state index contributed by atoms with van der Waals surface area (Å²) in [5.41, 5.74) is 0.902.